The number of sulfonamides is 1. The molecular formula is C20H30N4O3S2. The molecule has 0 aliphatic carbocycles. The van der Waals surface area contributed by atoms with Gasteiger partial charge in [0, 0.05) is 43.5 Å². The molecule has 0 saturated heterocycles. The number of hydrogen-bond donors (Lipinski definition) is 3. The first-order valence-corrected chi connectivity index (χ1v) is 11.7. The van der Waals surface area contributed by atoms with E-state index in [0.717, 1.165) is 28.3 Å². The van der Waals surface area contributed by atoms with E-state index in [1.165, 1.54) is 0 Å². The predicted molar refractivity (Wildman–Crippen MR) is 122 cm³/mol. The number of nitrogens with one attached hydrogen (secondary N) is 1. The van der Waals surface area contributed by atoms with Gasteiger partial charge in [0.1, 0.15) is 0 Å². The van der Waals surface area contributed by atoms with Crippen LogP contribution in [0.15, 0.2) is 41.3 Å². The van der Waals surface area contributed by atoms with E-state index >= 15 is 0 Å². The molecule has 160 valence electrons. The number of nitrogens with zero attached hydrogens (tertiary/aromatic N) is 2. The van der Waals surface area contributed by atoms with E-state index in [1.807, 2.05) is 37.2 Å². The molecule has 0 fully saturated rings. The van der Waals surface area contributed by atoms with Crippen LogP contribution in [0.5, 0.6) is 0 Å². The highest BCUT2D eigenvalue weighted by Gasteiger charge is 2.28. The summed E-state index contributed by atoms with van der Waals surface area (Å²) >= 11 is 4.05. The summed E-state index contributed by atoms with van der Waals surface area (Å²) in [5.74, 6) is -0.0375. The molecule has 0 atom stereocenters. The van der Waals surface area contributed by atoms with Crippen LogP contribution in [0.3, 0.4) is 0 Å². The van der Waals surface area contributed by atoms with Crippen LogP contribution in [0, 0.1) is 0 Å². The number of carbonyl (C=O) groups is 1. The van der Waals surface area contributed by atoms with Crippen LogP contribution >= 0.6 is 12.6 Å². The van der Waals surface area contributed by atoms with Crippen LogP contribution in [-0.4, -0.2) is 51.7 Å². The van der Waals surface area contributed by atoms with Crippen molar-refractivity contribution < 1.29 is 13.2 Å². The first-order chi connectivity index (χ1) is 13.8. The number of anilines is 1. The summed E-state index contributed by atoms with van der Waals surface area (Å²) in [6, 6.07) is 10.8. The second kappa shape index (κ2) is 10.8. The third-order valence-electron chi connectivity index (χ3n) is 4.56. The van der Waals surface area contributed by atoms with Gasteiger partial charge in [0.2, 0.25) is 5.91 Å². The summed E-state index contributed by atoms with van der Waals surface area (Å²) in [6.45, 7) is 0.736. The highest BCUT2D eigenvalue weighted by Crippen LogP contribution is 2.31. The molecule has 0 aromatic heterocycles. The summed E-state index contributed by atoms with van der Waals surface area (Å²) in [6.07, 6.45) is 2.33. The molecular weight excluding hydrogens is 408 g/mol. The van der Waals surface area contributed by atoms with Crippen LogP contribution < -0.4 is 16.1 Å². The molecule has 0 unspecified atom stereocenters. The quantitative estimate of drug-likeness (QED) is 0.284. The van der Waals surface area contributed by atoms with E-state index in [-0.39, 0.29) is 23.8 Å². The minimum absolute atomic E-state index is 0.137. The normalized spacial score (nSPS) is 11.8. The number of amides is 1. The molecule has 0 bridgehead atoms. The lowest BCUT2D eigenvalue weighted by molar-refractivity contribution is -0.123. The summed E-state index contributed by atoms with van der Waals surface area (Å²) in [4.78, 5) is 14.2. The Hall–Kier alpha value is -1.81. The van der Waals surface area contributed by atoms with E-state index < -0.39 is 10.0 Å². The Balaban J connectivity index is 2.46. The van der Waals surface area contributed by atoms with Crippen LogP contribution in [0.25, 0.3) is 10.8 Å². The third kappa shape index (κ3) is 5.85. The van der Waals surface area contributed by atoms with Crippen molar-refractivity contribution in [2.24, 2.45) is 5.73 Å². The standard InChI is InChI=1S/C20H30N4O3S2/c1-23(2)18-10-6-9-17-16(18)8-7-11-19(17)29(26,27)24(14-5-3-4-13-21)22-20(25)12-15-28/h6-11,28H,3-5,12-15,21H2,1-2H3,(H,22,25). The second-order valence-electron chi connectivity index (χ2n) is 6.96. The third-order valence-corrected chi connectivity index (χ3v) is 6.55. The van der Waals surface area contributed by atoms with Crippen LogP contribution in [0.1, 0.15) is 25.7 Å². The van der Waals surface area contributed by atoms with Crippen molar-refractivity contribution in [1.82, 2.24) is 9.84 Å². The molecule has 0 saturated carbocycles. The Morgan fingerprint density at radius 3 is 2.41 bits per heavy atom. The molecule has 9 heteroatoms. The fourth-order valence-electron chi connectivity index (χ4n) is 3.11. The Kier molecular flexibility index (Phi) is 8.76. The zero-order valence-electron chi connectivity index (χ0n) is 17.0. The van der Waals surface area contributed by atoms with Crippen molar-refractivity contribution in [2.45, 2.75) is 30.6 Å². The highest BCUT2D eigenvalue weighted by atomic mass is 32.2. The summed E-state index contributed by atoms with van der Waals surface area (Å²) in [5.41, 5.74) is 9.01. The average molecular weight is 439 g/mol. The molecule has 0 aliphatic heterocycles. The molecule has 0 heterocycles. The van der Waals surface area contributed by atoms with E-state index in [0.29, 0.717) is 24.1 Å². The average Bonchev–Trinajstić information content (AvgIpc) is 2.69. The van der Waals surface area contributed by atoms with Crippen molar-refractivity contribution in [3.63, 3.8) is 0 Å². The number of rotatable bonds is 11. The van der Waals surface area contributed by atoms with Crippen LogP contribution in [0.2, 0.25) is 0 Å². The van der Waals surface area contributed by atoms with E-state index in [2.05, 4.69) is 18.1 Å². The number of fused-ring (bicyclic) bond motifs is 1. The number of carbonyl (C=O) groups excluding carboxylic acids is 1. The predicted octanol–water partition coefficient (Wildman–Crippen LogP) is 2.38. The number of benzene rings is 2. The molecule has 0 aliphatic rings. The van der Waals surface area contributed by atoms with Gasteiger partial charge in [-0.05, 0) is 37.3 Å². The van der Waals surface area contributed by atoms with Crippen molar-refractivity contribution in [2.75, 3.05) is 37.8 Å². The van der Waals surface area contributed by atoms with Gasteiger partial charge in [-0.3, -0.25) is 10.2 Å². The van der Waals surface area contributed by atoms with Gasteiger partial charge in [0.15, 0.2) is 0 Å². The minimum Gasteiger partial charge on any atom is -0.377 e. The first-order valence-electron chi connectivity index (χ1n) is 9.65. The van der Waals surface area contributed by atoms with Gasteiger partial charge < -0.3 is 10.6 Å². The molecule has 3 N–H and O–H groups in total. The maximum Gasteiger partial charge on any atom is 0.260 e. The molecule has 29 heavy (non-hydrogen) atoms. The van der Waals surface area contributed by atoms with Gasteiger partial charge in [0.05, 0.1) is 4.90 Å². The van der Waals surface area contributed by atoms with Crippen LogP contribution in [0.4, 0.5) is 5.69 Å². The van der Waals surface area contributed by atoms with Gasteiger partial charge in [-0.15, -0.1) is 4.41 Å². The maximum absolute atomic E-state index is 13.5. The SMILES string of the molecule is CN(C)c1cccc2c(S(=O)(=O)N(CCCCCN)NC(=O)CCS)cccc12. The van der Waals surface area contributed by atoms with Crippen molar-refractivity contribution in [3.8, 4) is 0 Å². The fourth-order valence-corrected chi connectivity index (χ4v) is 4.85. The fraction of sp³-hybridized carbons (Fsp3) is 0.450. The summed E-state index contributed by atoms with van der Waals surface area (Å²) in [5, 5.41) is 1.46. The van der Waals surface area contributed by atoms with Gasteiger partial charge in [-0.25, -0.2) is 8.42 Å². The Bertz CT molecular complexity index is 932. The zero-order chi connectivity index (χ0) is 21.4. The van der Waals surface area contributed by atoms with Gasteiger partial charge in [-0.2, -0.15) is 12.6 Å². The smallest absolute Gasteiger partial charge is 0.260 e. The largest absolute Gasteiger partial charge is 0.377 e. The topological polar surface area (TPSA) is 95.7 Å². The maximum atomic E-state index is 13.5. The lowest BCUT2D eigenvalue weighted by Crippen LogP contribution is -2.46. The number of unbranched alkanes of at least 4 members (excludes halogenated alkanes) is 2. The second-order valence-corrected chi connectivity index (χ2v) is 9.24. The zero-order valence-corrected chi connectivity index (χ0v) is 18.7. The van der Waals surface area contributed by atoms with E-state index in [4.69, 9.17) is 5.73 Å². The number of hydrogen-bond acceptors (Lipinski definition) is 6. The Labute approximate surface area is 178 Å². The lowest BCUT2D eigenvalue weighted by Gasteiger charge is -2.24. The number of thiol groups is 1. The Morgan fingerprint density at radius 2 is 1.76 bits per heavy atom. The number of nitrogens with two attached hydrogens (primary N) is 1. The summed E-state index contributed by atoms with van der Waals surface area (Å²) < 4.78 is 28.0. The van der Waals surface area contributed by atoms with Crippen molar-refractivity contribution in [3.05, 3.63) is 36.4 Å². The van der Waals surface area contributed by atoms with Crippen molar-refractivity contribution >= 4 is 45.0 Å². The minimum atomic E-state index is -3.94. The Morgan fingerprint density at radius 1 is 1.07 bits per heavy atom. The highest BCUT2D eigenvalue weighted by molar-refractivity contribution is 7.89. The molecule has 2 aromatic carbocycles. The molecule has 7 nitrogen and oxygen atoms in total. The molecule has 0 radical (unpaired) electrons. The molecule has 2 aromatic rings. The van der Waals surface area contributed by atoms with Gasteiger partial charge in [-0.1, -0.05) is 30.7 Å². The van der Waals surface area contributed by atoms with Crippen molar-refractivity contribution in [1.29, 1.82) is 0 Å². The molecule has 0 spiro atoms. The van der Waals surface area contributed by atoms with Gasteiger partial charge in [0.25, 0.3) is 10.0 Å². The number of hydrazine groups is 1. The first kappa shape index (κ1) is 23.5. The van der Waals surface area contributed by atoms with E-state index in [9.17, 15) is 13.2 Å². The molecule has 1 amide bonds. The lowest BCUT2D eigenvalue weighted by atomic mass is 10.1. The van der Waals surface area contributed by atoms with Crippen LogP contribution in [-0.2, 0) is 14.8 Å². The van der Waals surface area contributed by atoms with Gasteiger partial charge >= 0.3 is 0 Å². The summed E-state index contributed by atoms with van der Waals surface area (Å²) in [7, 11) is -0.116. The van der Waals surface area contributed by atoms with E-state index in [1.54, 1.807) is 18.2 Å². The monoisotopic (exact) mass is 438 g/mol. The molecule has 2 rings (SSSR count).